The summed E-state index contributed by atoms with van der Waals surface area (Å²) in [6, 6.07) is 8.95. The number of rotatable bonds is 2. The van der Waals surface area contributed by atoms with E-state index in [0.717, 1.165) is 4.90 Å². The lowest BCUT2D eigenvalue weighted by atomic mass is 10.1. The molecule has 0 spiro atoms. The highest BCUT2D eigenvalue weighted by atomic mass is 35.5. The molecule has 0 bridgehead atoms. The summed E-state index contributed by atoms with van der Waals surface area (Å²) in [6.07, 6.45) is 2.95. The third-order valence-corrected chi connectivity index (χ3v) is 4.84. The number of halogens is 1. The lowest BCUT2D eigenvalue weighted by Crippen LogP contribution is -2.49. The highest BCUT2D eigenvalue weighted by molar-refractivity contribution is 8.02. The molecule has 1 unspecified atom stereocenters. The van der Waals surface area contributed by atoms with Crippen molar-refractivity contribution in [3.05, 3.63) is 47.7 Å². The largest absolute Gasteiger partial charge is 0.323 e. The lowest BCUT2D eigenvalue weighted by Gasteiger charge is -2.31. The fourth-order valence-corrected chi connectivity index (χ4v) is 3.32. The summed E-state index contributed by atoms with van der Waals surface area (Å²) in [5.74, 6) is -0.780. The number of fused-ring (bicyclic) bond motifs is 1. The average molecular weight is 334 g/mol. The highest BCUT2D eigenvalue weighted by Gasteiger charge is 2.45. The van der Waals surface area contributed by atoms with Crippen LogP contribution in [-0.2, 0) is 9.59 Å². The van der Waals surface area contributed by atoms with Crippen LogP contribution in [0.25, 0.3) is 0 Å². The number of pyridine rings is 1. The van der Waals surface area contributed by atoms with Gasteiger partial charge >= 0.3 is 0 Å². The summed E-state index contributed by atoms with van der Waals surface area (Å²) < 4.78 is -1.27. The quantitative estimate of drug-likeness (QED) is 0.828. The molecule has 1 aromatic carbocycles. The van der Waals surface area contributed by atoms with E-state index < -0.39 is 10.7 Å². The van der Waals surface area contributed by atoms with Crippen LogP contribution in [0.5, 0.6) is 0 Å². The summed E-state index contributed by atoms with van der Waals surface area (Å²) in [6.45, 7) is 1.59. The van der Waals surface area contributed by atoms with Gasteiger partial charge in [-0.1, -0.05) is 35.5 Å². The number of anilines is 2. The standard InChI is InChI=1S/C15H12ClN3O2S/c1-15(13(20)18-10-6-9(16)7-17-8-10)14(21)19-11-4-2-3-5-12(11)22-15/h2-8H,1H3,(H,18,20)(H,19,21). The van der Waals surface area contributed by atoms with Crippen molar-refractivity contribution in [2.24, 2.45) is 0 Å². The first-order chi connectivity index (χ1) is 10.5. The molecule has 0 saturated heterocycles. The molecule has 2 aromatic rings. The van der Waals surface area contributed by atoms with Gasteiger partial charge in [0, 0.05) is 11.1 Å². The van der Waals surface area contributed by atoms with Crippen molar-refractivity contribution in [1.82, 2.24) is 4.98 Å². The van der Waals surface area contributed by atoms with Gasteiger partial charge < -0.3 is 10.6 Å². The number of carbonyl (C=O) groups is 2. The average Bonchev–Trinajstić information content (AvgIpc) is 2.48. The third-order valence-electron chi connectivity index (χ3n) is 3.28. The molecule has 1 aromatic heterocycles. The lowest BCUT2D eigenvalue weighted by molar-refractivity contribution is -0.126. The second-order valence-corrected chi connectivity index (χ2v) is 6.83. The number of carbonyl (C=O) groups excluding carboxylic acids is 2. The van der Waals surface area contributed by atoms with Gasteiger partial charge in [-0.05, 0) is 25.1 Å². The number of benzene rings is 1. The van der Waals surface area contributed by atoms with E-state index in [1.54, 1.807) is 19.1 Å². The van der Waals surface area contributed by atoms with Crippen molar-refractivity contribution in [2.45, 2.75) is 16.6 Å². The van der Waals surface area contributed by atoms with Crippen molar-refractivity contribution in [3.8, 4) is 0 Å². The van der Waals surface area contributed by atoms with E-state index in [0.29, 0.717) is 16.4 Å². The zero-order chi connectivity index (χ0) is 15.7. The summed E-state index contributed by atoms with van der Waals surface area (Å²) >= 11 is 7.07. The number of amides is 2. The molecule has 1 aliphatic rings. The number of hydrogen-bond donors (Lipinski definition) is 2. The zero-order valence-electron chi connectivity index (χ0n) is 11.6. The van der Waals surface area contributed by atoms with Crippen LogP contribution < -0.4 is 10.6 Å². The van der Waals surface area contributed by atoms with Gasteiger partial charge in [-0.15, -0.1) is 0 Å². The van der Waals surface area contributed by atoms with Gasteiger partial charge in [0.25, 0.3) is 0 Å². The third kappa shape index (κ3) is 2.67. The molecule has 3 rings (SSSR count). The maximum atomic E-state index is 12.6. The molecule has 0 fully saturated rings. The van der Waals surface area contributed by atoms with Crippen LogP contribution >= 0.6 is 23.4 Å². The number of thioether (sulfide) groups is 1. The monoisotopic (exact) mass is 333 g/mol. The van der Waals surface area contributed by atoms with Gasteiger partial charge in [-0.3, -0.25) is 14.6 Å². The molecule has 2 N–H and O–H groups in total. The van der Waals surface area contributed by atoms with Crippen LogP contribution in [0, 0.1) is 0 Å². The number of nitrogens with zero attached hydrogens (tertiary/aromatic N) is 1. The zero-order valence-corrected chi connectivity index (χ0v) is 13.2. The summed E-state index contributed by atoms with van der Waals surface area (Å²) in [5, 5.41) is 5.86. The molecular formula is C15H12ClN3O2S. The van der Waals surface area contributed by atoms with E-state index in [4.69, 9.17) is 11.6 Å². The van der Waals surface area contributed by atoms with Crippen molar-refractivity contribution in [1.29, 1.82) is 0 Å². The van der Waals surface area contributed by atoms with Crippen LogP contribution in [0.1, 0.15) is 6.92 Å². The SMILES string of the molecule is CC1(C(=O)Nc2cncc(Cl)c2)Sc2ccccc2NC1=O. The molecule has 112 valence electrons. The Kier molecular flexibility index (Phi) is 3.80. The Morgan fingerprint density at radius 2 is 2.14 bits per heavy atom. The molecule has 7 heteroatoms. The van der Waals surface area contributed by atoms with E-state index in [2.05, 4.69) is 15.6 Å². The Balaban J connectivity index is 1.87. The van der Waals surface area contributed by atoms with Gasteiger partial charge in [0.2, 0.25) is 11.8 Å². The fraction of sp³-hybridized carbons (Fsp3) is 0.133. The van der Waals surface area contributed by atoms with Gasteiger partial charge in [-0.25, -0.2) is 0 Å². The maximum absolute atomic E-state index is 12.6. The first-order valence-corrected chi connectivity index (χ1v) is 7.70. The Morgan fingerprint density at radius 1 is 1.36 bits per heavy atom. The molecule has 2 amide bonds. The second kappa shape index (κ2) is 5.62. The Hall–Kier alpha value is -2.05. The second-order valence-electron chi connectivity index (χ2n) is 4.93. The number of aromatic nitrogens is 1. The summed E-state index contributed by atoms with van der Waals surface area (Å²) in [5.41, 5.74) is 1.16. The van der Waals surface area contributed by atoms with E-state index >= 15 is 0 Å². The smallest absolute Gasteiger partial charge is 0.250 e. The van der Waals surface area contributed by atoms with Gasteiger partial charge in [0.05, 0.1) is 22.6 Å². The Labute approximate surface area is 136 Å². The van der Waals surface area contributed by atoms with Crippen LogP contribution in [0.2, 0.25) is 5.02 Å². The topological polar surface area (TPSA) is 71.1 Å². The maximum Gasteiger partial charge on any atom is 0.250 e. The van der Waals surface area contributed by atoms with Crippen molar-refractivity contribution in [2.75, 3.05) is 10.6 Å². The first-order valence-electron chi connectivity index (χ1n) is 6.50. The molecule has 0 saturated carbocycles. The minimum Gasteiger partial charge on any atom is -0.323 e. The molecule has 2 heterocycles. The predicted molar refractivity (Wildman–Crippen MR) is 87.2 cm³/mol. The Bertz CT molecular complexity index is 768. The first kappa shape index (κ1) is 14.9. The molecule has 1 aliphatic heterocycles. The molecule has 0 aliphatic carbocycles. The highest BCUT2D eigenvalue weighted by Crippen LogP contribution is 2.42. The van der Waals surface area contributed by atoms with Crippen molar-refractivity contribution in [3.63, 3.8) is 0 Å². The molecular weight excluding hydrogens is 322 g/mol. The van der Waals surface area contributed by atoms with Crippen molar-refractivity contribution < 1.29 is 9.59 Å². The van der Waals surface area contributed by atoms with Gasteiger partial charge in [-0.2, -0.15) is 0 Å². The number of para-hydroxylation sites is 1. The fourth-order valence-electron chi connectivity index (χ4n) is 2.05. The van der Waals surface area contributed by atoms with Gasteiger partial charge in [0.1, 0.15) is 0 Å². The summed E-state index contributed by atoms with van der Waals surface area (Å²) in [4.78, 5) is 29.7. The molecule has 5 nitrogen and oxygen atoms in total. The van der Waals surface area contributed by atoms with E-state index in [1.165, 1.54) is 24.2 Å². The van der Waals surface area contributed by atoms with Crippen LogP contribution in [0.3, 0.4) is 0 Å². The Morgan fingerprint density at radius 3 is 2.91 bits per heavy atom. The number of hydrogen-bond acceptors (Lipinski definition) is 4. The molecule has 1 atom stereocenters. The summed E-state index contributed by atoms with van der Waals surface area (Å²) in [7, 11) is 0. The van der Waals surface area contributed by atoms with E-state index in [-0.39, 0.29) is 5.91 Å². The minimum atomic E-state index is -1.27. The minimum absolute atomic E-state index is 0.358. The van der Waals surface area contributed by atoms with Gasteiger partial charge in [0.15, 0.2) is 4.75 Å². The number of nitrogens with one attached hydrogen (secondary N) is 2. The van der Waals surface area contributed by atoms with E-state index in [1.807, 2.05) is 18.2 Å². The molecule has 0 radical (unpaired) electrons. The van der Waals surface area contributed by atoms with Crippen LogP contribution in [0.15, 0.2) is 47.6 Å². The van der Waals surface area contributed by atoms with Crippen LogP contribution in [0.4, 0.5) is 11.4 Å². The normalized spacial score (nSPS) is 20.0. The van der Waals surface area contributed by atoms with E-state index in [9.17, 15) is 9.59 Å². The predicted octanol–water partition coefficient (Wildman–Crippen LogP) is 3.18. The van der Waals surface area contributed by atoms with Crippen molar-refractivity contribution >= 4 is 46.6 Å². The molecule has 22 heavy (non-hydrogen) atoms. The van der Waals surface area contributed by atoms with Crippen LogP contribution in [-0.4, -0.2) is 21.5 Å².